The molecule has 0 fully saturated rings. The fourth-order valence-electron chi connectivity index (χ4n) is 1.96. The van der Waals surface area contributed by atoms with Crippen molar-refractivity contribution >= 4 is 57.2 Å². The third kappa shape index (κ3) is 2.59. The predicted octanol–water partition coefficient (Wildman–Crippen LogP) is 4.14. The molecule has 0 amide bonds. The highest BCUT2D eigenvalue weighted by Crippen LogP contribution is 2.21. The zero-order valence-electron chi connectivity index (χ0n) is 9.69. The summed E-state index contributed by atoms with van der Waals surface area (Å²) in [6.45, 7) is 0.701. The minimum absolute atomic E-state index is 0.218. The van der Waals surface area contributed by atoms with Crippen LogP contribution in [0.5, 0.6) is 0 Å². The Kier molecular flexibility index (Phi) is 3.68. The molecule has 3 rings (SSSR count). The number of benzene rings is 1. The van der Waals surface area contributed by atoms with E-state index in [1.54, 1.807) is 23.6 Å². The summed E-state index contributed by atoms with van der Waals surface area (Å²) < 4.78 is 16.8. The Labute approximate surface area is 131 Å². The number of imidazole rings is 1. The number of halogens is 2. The molecular weight excluding hydrogens is 396 g/mol. The normalized spacial score (nSPS) is 11.3. The number of nitrogens with zero attached hydrogens (tertiary/aromatic N) is 2. The fourth-order valence-corrected chi connectivity index (χ4v) is 3.33. The number of thiazole rings is 1. The monoisotopic (exact) mass is 405 g/mol. The minimum atomic E-state index is -0.218. The van der Waals surface area contributed by atoms with E-state index in [0.717, 1.165) is 22.5 Å². The minimum Gasteiger partial charge on any atom is -0.331 e. The van der Waals surface area contributed by atoms with Crippen LogP contribution in [-0.2, 0) is 13.0 Å². The van der Waals surface area contributed by atoms with Gasteiger partial charge in [-0.25, -0.2) is 9.37 Å². The van der Waals surface area contributed by atoms with Crippen LogP contribution in [0.3, 0.4) is 0 Å². The molecule has 0 unspecified atom stereocenters. The lowest BCUT2D eigenvalue weighted by Gasteiger charge is -2.03. The Hall–Kier alpha value is -0.800. The molecule has 7 heteroatoms. The molecule has 0 radical (unpaired) electrons. The van der Waals surface area contributed by atoms with E-state index in [1.165, 1.54) is 6.07 Å². The Bertz CT molecular complexity index is 776. The van der Waals surface area contributed by atoms with Crippen molar-refractivity contribution in [3.63, 3.8) is 0 Å². The van der Waals surface area contributed by atoms with Crippen LogP contribution in [0.1, 0.15) is 5.01 Å². The van der Waals surface area contributed by atoms with Gasteiger partial charge in [0.1, 0.15) is 5.82 Å². The van der Waals surface area contributed by atoms with Crippen LogP contribution in [0.15, 0.2) is 23.7 Å². The molecule has 19 heavy (non-hydrogen) atoms. The molecule has 98 valence electrons. The molecule has 3 nitrogen and oxygen atoms in total. The zero-order chi connectivity index (χ0) is 13.4. The zero-order valence-corrected chi connectivity index (χ0v) is 13.5. The number of hydrogen-bond donors (Lipinski definition) is 1. The number of aryl methyl sites for hydroxylation is 2. The van der Waals surface area contributed by atoms with Crippen molar-refractivity contribution in [3.8, 4) is 0 Å². The van der Waals surface area contributed by atoms with Gasteiger partial charge in [-0.2, -0.15) is 0 Å². The van der Waals surface area contributed by atoms with Crippen LogP contribution in [-0.4, -0.2) is 14.5 Å². The average Bonchev–Trinajstić information content (AvgIpc) is 2.96. The summed E-state index contributed by atoms with van der Waals surface area (Å²) >= 11 is 8.89. The van der Waals surface area contributed by atoms with Gasteiger partial charge in [0.15, 0.2) is 4.77 Å². The molecule has 2 aromatic heterocycles. The lowest BCUT2D eigenvalue weighted by molar-refractivity contribution is 0.620. The second-order valence-corrected chi connectivity index (χ2v) is 6.57. The van der Waals surface area contributed by atoms with Gasteiger partial charge in [-0.15, -0.1) is 11.3 Å². The van der Waals surface area contributed by atoms with E-state index in [4.69, 9.17) is 12.2 Å². The molecule has 0 saturated carbocycles. The van der Waals surface area contributed by atoms with Crippen molar-refractivity contribution in [2.75, 3.05) is 0 Å². The smallest absolute Gasteiger partial charge is 0.178 e. The van der Waals surface area contributed by atoms with E-state index in [-0.39, 0.29) is 5.82 Å². The van der Waals surface area contributed by atoms with Crippen LogP contribution >= 0.6 is 46.1 Å². The number of nitrogens with one attached hydrogen (secondary N) is 1. The fraction of sp³-hybridized carbons (Fsp3) is 0.167. The molecule has 0 aliphatic carbocycles. The van der Waals surface area contributed by atoms with Crippen molar-refractivity contribution in [2.24, 2.45) is 0 Å². The summed E-state index contributed by atoms with van der Waals surface area (Å²) in [6, 6.07) is 3.31. The molecule has 3 aromatic rings. The van der Waals surface area contributed by atoms with E-state index in [9.17, 15) is 4.39 Å². The Morgan fingerprint density at radius 3 is 3.05 bits per heavy atom. The molecule has 2 heterocycles. The molecular formula is C12H9FIN3S2. The van der Waals surface area contributed by atoms with Crippen LogP contribution < -0.4 is 0 Å². The van der Waals surface area contributed by atoms with Crippen molar-refractivity contribution in [1.82, 2.24) is 14.5 Å². The third-order valence-corrected chi connectivity index (χ3v) is 4.84. The van der Waals surface area contributed by atoms with Crippen molar-refractivity contribution < 1.29 is 4.39 Å². The van der Waals surface area contributed by atoms with Crippen molar-refractivity contribution in [3.05, 3.63) is 42.9 Å². The average molecular weight is 405 g/mol. The summed E-state index contributed by atoms with van der Waals surface area (Å²) in [4.78, 5) is 7.36. The molecule has 0 bridgehead atoms. The van der Waals surface area contributed by atoms with E-state index >= 15 is 0 Å². The summed E-state index contributed by atoms with van der Waals surface area (Å²) in [5.74, 6) is -0.218. The predicted molar refractivity (Wildman–Crippen MR) is 85.6 cm³/mol. The SMILES string of the molecule is Fc1cc2c(cc1I)[nH]c(=S)n2CCc1nccs1. The van der Waals surface area contributed by atoms with E-state index < -0.39 is 0 Å². The molecule has 0 aliphatic rings. The highest BCUT2D eigenvalue weighted by atomic mass is 127. The summed E-state index contributed by atoms with van der Waals surface area (Å²) in [6.07, 6.45) is 2.59. The molecule has 0 aliphatic heterocycles. The number of aromatic amines is 1. The van der Waals surface area contributed by atoms with Gasteiger partial charge in [-0.05, 0) is 40.9 Å². The lowest BCUT2D eigenvalue weighted by atomic mass is 10.3. The van der Waals surface area contributed by atoms with Gasteiger partial charge < -0.3 is 9.55 Å². The molecule has 1 N–H and O–H groups in total. The first-order valence-corrected chi connectivity index (χ1v) is 7.98. The Morgan fingerprint density at radius 1 is 1.47 bits per heavy atom. The number of fused-ring (bicyclic) bond motifs is 1. The van der Waals surface area contributed by atoms with Gasteiger partial charge in [0.2, 0.25) is 0 Å². The van der Waals surface area contributed by atoms with Crippen LogP contribution in [0.25, 0.3) is 11.0 Å². The van der Waals surface area contributed by atoms with Gasteiger partial charge in [-0.1, -0.05) is 0 Å². The van der Waals surface area contributed by atoms with Gasteiger partial charge >= 0.3 is 0 Å². The molecule has 0 spiro atoms. The number of aromatic nitrogens is 3. The number of hydrogen-bond acceptors (Lipinski definition) is 3. The van der Waals surface area contributed by atoms with Gasteiger partial charge in [0.05, 0.1) is 19.6 Å². The van der Waals surface area contributed by atoms with E-state index in [1.807, 2.05) is 32.5 Å². The maximum Gasteiger partial charge on any atom is 0.178 e. The van der Waals surface area contributed by atoms with Crippen LogP contribution in [0, 0.1) is 14.2 Å². The van der Waals surface area contributed by atoms with Gasteiger partial charge in [0, 0.05) is 30.6 Å². The first-order valence-electron chi connectivity index (χ1n) is 5.61. The second kappa shape index (κ2) is 5.29. The largest absolute Gasteiger partial charge is 0.331 e. The van der Waals surface area contributed by atoms with Crippen LogP contribution in [0.4, 0.5) is 4.39 Å². The maximum absolute atomic E-state index is 13.7. The third-order valence-electron chi connectivity index (χ3n) is 2.85. The van der Waals surface area contributed by atoms with Crippen molar-refractivity contribution in [2.45, 2.75) is 13.0 Å². The highest BCUT2D eigenvalue weighted by Gasteiger charge is 2.09. The molecule has 0 saturated heterocycles. The number of H-pyrrole nitrogens is 1. The van der Waals surface area contributed by atoms with Crippen molar-refractivity contribution in [1.29, 1.82) is 0 Å². The summed E-state index contributed by atoms with van der Waals surface area (Å²) in [5, 5.41) is 3.01. The van der Waals surface area contributed by atoms with Gasteiger partial charge in [0.25, 0.3) is 0 Å². The first kappa shape index (κ1) is 13.2. The van der Waals surface area contributed by atoms with E-state index in [0.29, 0.717) is 14.9 Å². The number of rotatable bonds is 3. The highest BCUT2D eigenvalue weighted by molar-refractivity contribution is 14.1. The van der Waals surface area contributed by atoms with Gasteiger partial charge in [-0.3, -0.25) is 0 Å². The summed E-state index contributed by atoms with van der Waals surface area (Å²) in [7, 11) is 0. The Morgan fingerprint density at radius 2 is 2.32 bits per heavy atom. The standard InChI is InChI=1S/C12H9FIN3S2/c13-7-5-10-9(6-8(7)14)16-12(18)17(10)3-1-11-15-2-4-19-11/h2,4-6H,1,3H2,(H,16,18). The van der Waals surface area contributed by atoms with Crippen LogP contribution in [0.2, 0.25) is 0 Å². The molecule has 1 aromatic carbocycles. The lowest BCUT2D eigenvalue weighted by Crippen LogP contribution is -2.01. The quantitative estimate of drug-likeness (QED) is 0.525. The van der Waals surface area contributed by atoms with E-state index in [2.05, 4.69) is 9.97 Å². The first-order chi connectivity index (χ1) is 9.15. The molecule has 0 atom stereocenters. The maximum atomic E-state index is 13.7. The topological polar surface area (TPSA) is 33.6 Å². The second-order valence-electron chi connectivity index (χ2n) is 4.04. The Balaban J connectivity index is 2.00. The summed E-state index contributed by atoms with van der Waals surface area (Å²) in [5.41, 5.74) is 1.68.